The van der Waals surface area contributed by atoms with Crippen molar-refractivity contribution in [1.82, 2.24) is 0 Å². The summed E-state index contributed by atoms with van der Waals surface area (Å²) in [6.07, 6.45) is 16.5. The van der Waals surface area contributed by atoms with Crippen LogP contribution in [-0.4, -0.2) is 21.4 Å². The summed E-state index contributed by atoms with van der Waals surface area (Å²) >= 11 is 0. The molecular weight excluding hydrogens is 380 g/mol. The maximum atomic E-state index is 10.7. The lowest BCUT2D eigenvalue weighted by Crippen LogP contribution is -2.52. The van der Waals surface area contributed by atoms with E-state index in [4.69, 9.17) is 0 Å². The van der Waals surface area contributed by atoms with E-state index in [-0.39, 0.29) is 0 Å². The molecule has 0 radical (unpaired) electrons. The van der Waals surface area contributed by atoms with E-state index in [9.17, 15) is 10.2 Å². The Labute approximate surface area is 192 Å². The minimum Gasteiger partial charge on any atom is -0.390 e. The molecule has 0 bridgehead atoms. The van der Waals surface area contributed by atoms with Crippen molar-refractivity contribution in [2.75, 3.05) is 0 Å². The molecule has 2 heteroatoms. The Balaban J connectivity index is 1.48. The van der Waals surface area contributed by atoms with Gasteiger partial charge in [-0.05, 0) is 125 Å². The van der Waals surface area contributed by atoms with E-state index in [1.54, 1.807) is 5.57 Å². The van der Waals surface area contributed by atoms with Gasteiger partial charge in [0.1, 0.15) is 0 Å². The summed E-state index contributed by atoms with van der Waals surface area (Å²) < 4.78 is 0. The summed E-state index contributed by atoms with van der Waals surface area (Å²) in [4.78, 5) is 0. The fraction of sp³-hybridized carbons (Fsp3) is 0.931. The van der Waals surface area contributed by atoms with Crippen LogP contribution in [0.5, 0.6) is 0 Å². The Morgan fingerprint density at radius 2 is 1.81 bits per heavy atom. The Morgan fingerprint density at radius 1 is 1.06 bits per heavy atom. The molecule has 0 amide bonds. The molecule has 0 aliphatic heterocycles. The van der Waals surface area contributed by atoms with E-state index in [0.29, 0.717) is 16.7 Å². The second-order valence-electron chi connectivity index (χ2n) is 13.4. The average molecular weight is 431 g/mol. The first-order chi connectivity index (χ1) is 14.4. The predicted octanol–water partition coefficient (Wildman–Crippen LogP) is 7.28. The Hall–Kier alpha value is -0.340. The van der Waals surface area contributed by atoms with Gasteiger partial charge in [0.15, 0.2) is 0 Å². The molecule has 0 aromatic heterocycles. The van der Waals surface area contributed by atoms with Gasteiger partial charge >= 0.3 is 0 Å². The highest BCUT2D eigenvalue weighted by Gasteiger charge is 2.59. The van der Waals surface area contributed by atoms with Crippen molar-refractivity contribution in [3.8, 4) is 0 Å². The van der Waals surface area contributed by atoms with Crippen molar-refractivity contribution in [1.29, 1.82) is 0 Å². The predicted molar refractivity (Wildman–Crippen MR) is 130 cm³/mol. The average Bonchev–Trinajstić information content (AvgIpc) is 3.04. The SMILES string of the molecule is CCCC(C)(O)CCC(C)C1CCC2C3CC=C4CC(C)(O)CCC4(C)C3CCC12C. The van der Waals surface area contributed by atoms with Gasteiger partial charge in [-0.3, -0.25) is 0 Å². The molecule has 0 spiro atoms. The van der Waals surface area contributed by atoms with E-state index >= 15 is 0 Å². The smallest absolute Gasteiger partial charge is 0.0657 e. The molecule has 4 aliphatic carbocycles. The van der Waals surface area contributed by atoms with Crippen molar-refractivity contribution >= 4 is 0 Å². The zero-order valence-electron chi connectivity index (χ0n) is 21.3. The summed E-state index contributed by atoms with van der Waals surface area (Å²) in [5.74, 6) is 4.06. The lowest BCUT2D eigenvalue weighted by atomic mass is 9.46. The fourth-order valence-corrected chi connectivity index (χ4v) is 9.18. The molecule has 0 saturated heterocycles. The molecular formula is C29H50O2. The standard InChI is InChI=1S/C29H50O2/c1-7-14-26(3,30)15-12-20(2)23-10-11-24-22-9-8-21-19-27(4,31)17-18-28(21,5)25(22)13-16-29(23,24)6/h8,20,22-25,30-31H,7,9-19H2,1-6H3. The molecule has 178 valence electrons. The zero-order chi connectivity index (χ0) is 22.7. The van der Waals surface area contributed by atoms with E-state index < -0.39 is 11.2 Å². The first-order valence-corrected chi connectivity index (χ1v) is 13.6. The molecule has 3 saturated carbocycles. The number of hydrogen-bond donors (Lipinski definition) is 2. The third kappa shape index (κ3) is 4.18. The van der Waals surface area contributed by atoms with E-state index in [1.165, 1.54) is 44.9 Å². The van der Waals surface area contributed by atoms with Crippen LogP contribution >= 0.6 is 0 Å². The lowest BCUT2D eigenvalue weighted by molar-refractivity contribution is -0.0715. The maximum Gasteiger partial charge on any atom is 0.0657 e. The summed E-state index contributed by atoms with van der Waals surface area (Å²) in [6.45, 7) is 13.9. The molecule has 4 aliphatic rings. The molecule has 31 heavy (non-hydrogen) atoms. The summed E-state index contributed by atoms with van der Waals surface area (Å²) in [5.41, 5.74) is 1.41. The van der Waals surface area contributed by atoms with Crippen LogP contribution in [0.4, 0.5) is 0 Å². The van der Waals surface area contributed by atoms with E-state index in [1.807, 2.05) is 13.8 Å². The third-order valence-electron chi connectivity index (χ3n) is 11.1. The van der Waals surface area contributed by atoms with Crippen molar-refractivity contribution in [2.45, 2.75) is 130 Å². The molecule has 0 heterocycles. The Morgan fingerprint density at radius 3 is 2.52 bits per heavy atom. The quantitative estimate of drug-likeness (QED) is 0.434. The van der Waals surface area contributed by atoms with Gasteiger partial charge in [-0.15, -0.1) is 0 Å². The first-order valence-electron chi connectivity index (χ1n) is 13.6. The summed E-state index contributed by atoms with van der Waals surface area (Å²) in [6, 6.07) is 0. The zero-order valence-corrected chi connectivity index (χ0v) is 21.3. The molecule has 2 nitrogen and oxygen atoms in total. The highest BCUT2D eigenvalue weighted by Crippen LogP contribution is 2.67. The van der Waals surface area contributed by atoms with Crippen LogP contribution in [0.1, 0.15) is 119 Å². The van der Waals surface area contributed by atoms with Crippen LogP contribution in [0, 0.1) is 40.4 Å². The number of aliphatic hydroxyl groups is 2. The first kappa shape index (κ1) is 23.8. The molecule has 0 aromatic carbocycles. The summed E-state index contributed by atoms with van der Waals surface area (Å²) in [7, 11) is 0. The van der Waals surface area contributed by atoms with Gasteiger partial charge in [-0.25, -0.2) is 0 Å². The Kier molecular flexibility index (Phi) is 6.26. The molecule has 9 atom stereocenters. The number of allylic oxidation sites excluding steroid dienone is 1. The monoisotopic (exact) mass is 430 g/mol. The Bertz CT molecular complexity index is 691. The van der Waals surface area contributed by atoms with Gasteiger partial charge in [-0.1, -0.05) is 45.8 Å². The molecule has 3 fully saturated rings. The second kappa shape index (κ2) is 8.15. The van der Waals surface area contributed by atoms with Crippen LogP contribution in [0.3, 0.4) is 0 Å². The largest absolute Gasteiger partial charge is 0.390 e. The van der Waals surface area contributed by atoms with Gasteiger partial charge in [0.2, 0.25) is 0 Å². The van der Waals surface area contributed by atoms with Crippen LogP contribution in [-0.2, 0) is 0 Å². The van der Waals surface area contributed by atoms with Crippen LogP contribution in [0.25, 0.3) is 0 Å². The van der Waals surface area contributed by atoms with E-state index in [2.05, 4.69) is 33.8 Å². The van der Waals surface area contributed by atoms with Crippen LogP contribution < -0.4 is 0 Å². The van der Waals surface area contributed by atoms with Gasteiger partial charge in [0.05, 0.1) is 11.2 Å². The summed E-state index contributed by atoms with van der Waals surface area (Å²) in [5, 5.41) is 21.4. The van der Waals surface area contributed by atoms with Gasteiger partial charge in [0.25, 0.3) is 0 Å². The maximum absolute atomic E-state index is 10.7. The third-order valence-corrected chi connectivity index (χ3v) is 11.1. The fourth-order valence-electron chi connectivity index (χ4n) is 9.18. The lowest BCUT2D eigenvalue weighted by Gasteiger charge is -2.59. The molecule has 9 unspecified atom stereocenters. The van der Waals surface area contributed by atoms with Crippen LogP contribution in [0.15, 0.2) is 11.6 Å². The minimum absolute atomic E-state index is 0.328. The van der Waals surface area contributed by atoms with Crippen molar-refractivity contribution < 1.29 is 10.2 Å². The van der Waals surface area contributed by atoms with E-state index in [0.717, 1.165) is 55.8 Å². The number of hydrogen-bond acceptors (Lipinski definition) is 2. The number of fused-ring (bicyclic) bond motifs is 5. The van der Waals surface area contributed by atoms with Gasteiger partial charge in [0, 0.05) is 0 Å². The van der Waals surface area contributed by atoms with Crippen molar-refractivity contribution in [3.63, 3.8) is 0 Å². The topological polar surface area (TPSA) is 40.5 Å². The van der Waals surface area contributed by atoms with Crippen molar-refractivity contribution in [2.24, 2.45) is 40.4 Å². The van der Waals surface area contributed by atoms with Gasteiger partial charge < -0.3 is 10.2 Å². The number of rotatable bonds is 6. The second-order valence-corrected chi connectivity index (χ2v) is 13.4. The molecule has 2 N–H and O–H groups in total. The highest BCUT2D eigenvalue weighted by molar-refractivity contribution is 5.26. The van der Waals surface area contributed by atoms with Crippen LogP contribution in [0.2, 0.25) is 0 Å². The van der Waals surface area contributed by atoms with Crippen molar-refractivity contribution in [3.05, 3.63) is 11.6 Å². The minimum atomic E-state index is -0.492. The molecule has 0 aromatic rings. The molecule has 4 rings (SSSR count). The van der Waals surface area contributed by atoms with Gasteiger partial charge in [-0.2, -0.15) is 0 Å². The highest BCUT2D eigenvalue weighted by atomic mass is 16.3. The normalized spacial score (nSPS) is 47.5.